The number of hydrogen-bond acceptors (Lipinski definition) is 8. The Morgan fingerprint density at radius 2 is 1.85 bits per heavy atom. The highest BCUT2D eigenvalue weighted by Crippen LogP contribution is 2.36. The van der Waals surface area contributed by atoms with E-state index >= 15 is 0 Å². The van der Waals surface area contributed by atoms with Gasteiger partial charge < -0.3 is 19.2 Å². The van der Waals surface area contributed by atoms with E-state index in [0.29, 0.717) is 40.6 Å². The van der Waals surface area contributed by atoms with Crippen LogP contribution in [0.5, 0.6) is 17.2 Å². The Morgan fingerprint density at radius 1 is 1.08 bits per heavy atom. The van der Waals surface area contributed by atoms with Gasteiger partial charge in [-0.2, -0.15) is 0 Å². The predicted molar refractivity (Wildman–Crippen MR) is 147 cm³/mol. The van der Waals surface area contributed by atoms with Crippen molar-refractivity contribution >= 4 is 21.2 Å². The number of benzene rings is 2. The SMILES string of the molecule is CCOc1ccc(S(=O)(=O)Nc2ccc(OC)cc2OC)cc1-c1nn2c(C3CCCC3)nc(C)c2c(=O)[nH]1. The first-order valence-corrected chi connectivity index (χ1v) is 14.3. The summed E-state index contributed by atoms with van der Waals surface area (Å²) < 4.78 is 47.4. The Hall–Kier alpha value is -4.06. The molecule has 1 aliphatic rings. The molecule has 1 fully saturated rings. The molecule has 0 amide bonds. The molecule has 5 rings (SSSR count). The summed E-state index contributed by atoms with van der Waals surface area (Å²) in [4.78, 5) is 20.6. The molecule has 206 valence electrons. The standard InChI is InChI=1S/C27H31N5O6S/c1-5-38-22-13-11-19(39(34,35)31-21-12-10-18(36-3)14-23(21)37-4)15-20(22)25-29-27(33)24-16(2)28-26(32(24)30-25)17-8-6-7-9-17/h10-15,17,31H,5-9H2,1-4H3,(H,29,30,33). The summed E-state index contributed by atoms with van der Waals surface area (Å²) in [6.45, 7) is 3.95. The number of aryl methyl sites for hydroxylation is 1. The molecule has 11 nitrogen and oxygen atoms in total. The van der Waals surface area contributed by atoms with E-state index in [-0.39, 0.29) is 27.9 Å². The minimum absolute atomic E-state index is 0.0422. The molecule has 2 aromatic carbocycles. The molecule has 2 aromatic heterocycles. The minimum Gasteiger partial charge on any atom is -0.497 e. The molecule has 0 aliphatic heterocycles. The number of aromatic nitrogens is 4. The molecule has 0 atom stereocenters. The number of anilines is 1. The smallest absolute Gasteiger partial charge is 0.277 e. The summed E-state index contributed by atoms with van der Waals surface area (Å²) in [5.41, 5.74) is 1.22. The van der Waals surface area contributed by atoms with E-state index in [0.717, 1.165) is 31.5 Å². The molecule has 1 saturated carbocycles. The van der Waals surface area contributed by atoms with E-state index in [4.69, 9.17) is 19.3 Å². The fourth-order valence-electron chi connectivity index (χ4n) is 4.99. The molecule has 1 aliphatic carbocycles. The first-order valence-electron chi connectivity index (χ1n) is 12.8. The van der Waals surface area contributed by atoms with Crippen molar-refractivity contribution in [1.82, 2.24) is 19.6 Å². The monoisotopic (exact) mass is 553 g/mol. The Kier molecular flexibility index (Phi) is 7.21. The van der Waals surface area contributed by atoms with Gasteiger partial charge in [-0.15, -0.1) is 5.10 Å². The van der Waals surface area contributed by atoms with Gasteiger partial charge >= 0.3 is 0 Å². The maximum absolute atomic E-state index is 13.4. The third kappa shape index (κ3) is 5.03. The van der Waals surface area contributed by atoms with Crippen molar-refractivity contribution in [3.8, 4) is 28.6 Å². The highest BCUT2D eigenvalue weighted by molar-refractivity contribution is 7.92. The predicted octanol–water partition coefficient (Wildman–Crippen LogP) is 4.27. The number of ether oxygens (including phenoxy) is 3. The van der Waals surface area contributed by atoms with Crippen LogP contribution in [0.25, 0.3) is 16.9 Å². The normalized spacial score (nSPS) is 14.1. The molecule has 39 heavy (non-hydrogen) atoms. The number of sulfonamides is 1. The fraction of sp³-hybridized carbons (Fsp3) is 0.370. The van der Waals surface area contributed by atoms with E-state index in [1.807, 2.05) is 6.92 Å². The van der Waals surface area contributed by atoms with Crippen molar-refractivity contribution in [2.24, 2.45) is 0 Å². The topological polar surface area (TPSA) is 137 Å². The number of hydrogen-bond donors (Lipinski definition) is 2. The molecule has 0 spiro atoms. The van der Waals surface area contributed by atoms with Crippen molar-refractivity contribution in [3.05, 3.63) is 58.3 Å². The van der Waals surface area contributed by atoms with Crippen molar-refractivity contribution in [1.29, 1.82) is 0 Å². The summed E-state index contributed by atoms with van der Waals surface area (Å²) in [7, 11) is -1.11. The second kappa shape index (κ2) is 10.6. The summed E-state index contributed by atoms with van der Waals surface area (Å²) in [5, 5.41) is 4.74. The molecular weight excluding hydrogens is 522 g/mol. The van der Waals surface area contributed by atoms with Crippen LogP contribution in [0.3, 0.4) is 0 Å². The first kappa shape index (κ1) is 26.5. The molecule has 12 heteroatoms. The van der Waals surface area contributed by atoms with Crippen LogP contribution < -0.4 is 24.5 Å². The van der Waals surface area contributed by atoms with E-state index in [2.05, 4.69) is 14.7 Å². The van der Waals surface area contributed by atoms with Gasteiger partial charge in [0.2, 0.25) is 0 Å². The number of rotatable bonds is 9. The van der Waals surface area contributed by atoms with Crippen LogP contribution in [0, 0.1) is 6.92 Å². The van der Waals surface area contributed by atoms with Crippen LogP contribution in [0.4, 0.5) is 5.69 Å². The maximum Gasteiger partial charge on any atom is 0.277 e. The molecule has 0 bridgehead atoms. The highest BCUT2D eigenvalue weighted by atomic mass is 32.2. The number of fused-ring (bicyclic) bond motifs is 1. The molecule has 4 aromatic rings. The lowest BCUT2D eigenvalue weighted by Gasteiger charge is -2.15. The van der Waals surface area contributed by atoms with Crippen LogP contribution in [0.2, 0.25) is 0 Å². The lowest BCUT2D eigenvalue weighted by atomic mass is 10.1. The largest absolute Gasteiger partial charge is 0.497 e. The Morgan fingerprint density at radius 3 is 2.54 bits per heavy atom. The van der Waals surface area contributed by atoms with Gasteiger partial charge in [0.05, 0.1) is 42.7 Å². The van der Waals surface area contributed by atoms with Gasteiger partial charge in [0.15, 0.2) is 11.3 Å². The molecule has 0 saturated heterocycles. The summed E-state index contributed by atoms with van der Waals surface area (Å²) >= 11 is 0. The third-order valence-electron chi connectivity index (χ3n) is 6.89. The van der Waals surface area contributed by atoms with Gasteiger partial charge in [-0.05, 0) is 57.0 Å². The van der Waals surface area contributed by atoms with Crippen molar-refractivity contribution in [3.63, 3.8) is 0 Å². The second-order valence-corrected chi connectivity index (χ2v) is 11.0. The number of methoxy groups -OCH3 is 2. The van der Waals surface area contributed by atoms with Crippen LogP contribution in [-0.2, 0) is 10.0 Å². The van der Waals surface area contributed by atoms with Crippen molar-refractivity contribution in [2.75, 3.05) is 25.5 Å². The van der Waals surface area contributed by atoms with Crippen LogP contribution in [-0.4, -0.2) is 48.8 Å². The number of nitrogens with zero attached hydrogens (tertiary/aromatic N) is 3. The zero-order valence-corrected chi connectivity index (χ0v) is 23.1. The maximum atomic E-state index is 13.4. The van der Waals surface area contributed by atoms with Crippen molar-refractivity contribution < 1.29 is 22.6 Å². The quantitative estimate of drug-likeness (QED) is 0.314. The molecule has 0 radical (unpaired) electrons. The molecule has 2 N–H and O–H groups in total. The minimum atomic E-state index is -4.06. The van der Waals surface area contributed by atoms with Crippen molar-refractivity contribution in [2.45, 2.75) is 50.3 Å². The molecule has 0 unspecified atom stereocenters. The Bertz CT molecular complexity index is 1690. The average Bonchev–Trinajstić information content (AvgIpc) is 3.57. The molecule has 2 heterocycles. The zero-order valence-electron chi connectivity index (χ0n) is 22.3. The first-order chi connectivity index (χ1) is 18.7. The zero-order chi connectivity index (χ0) is 27.7. The number of H-pyrrole nitrogens is 1. The fourth-order valence-corrected chi connectivity index (χ4v) is 6.09. The Labute approximate surface area is 226 Å². The number of imidazole rings is 1. The number of aromatic amines is 1. The van der Waals surface area contributed by atoms with Crippen LogP contribution in [0.15, 0.2) is 46.1 Å². The lowest BCUT2D eigenvalue weighted by molar-refractivity contribution is 0.341. The summed E-state index contributed by atoms with van der Waals surface area (Å²) in [5.74, 6) is 2.37. The van der Waals surface area contributed by atoms with E-state index in [1.54, 1.807) is 35.7 Å². The summed E-state index contributed by atoms with van der Waals surface area (Å²) in [6.07, 6.45) is 4.19. The van der Waals surface area contributed by atoms with Gasteiger partial charge in [-0.3, -0.25) is 9.52 Å². The second-order valence-electron chi connectivity index (χ2n) is 9.36. The number of nitrogens with one attached hydrogen (secondary N) is 2. The van der Waals surface area contributed by atoms with Gasteiger partial charge in [-0.25, -0.2) is 17.9 Å². The third-order valence-corrected chi connectivity index (χ3v) is 8.25. The summed E-state index contributed by atoms with van der Waals surface area (Å²) in [6, 6.07) is 9.20. The lowest BCUT2D eigenvalue weighted by Crippen LogP contribution is -2.17. The van der Waals surface area contributed by atoms with Crippen LogP contribution >= 0.6 is 0 Å². The highest BCUT2D eigenvalue weighted by Gasteiger charge is 2.26. The molecular formula is C27H31N5O6S. The van der Waals surface area contributed by atoms with Crippen LogP contribution in [0.1, 0.15) is 50.0 Å². The van der Waals surface area contributed by atoms with E-state index in [1.165, 1.54) is 26.4 Å². The van der Waals surface area contributed by atoms with Gasteiger partial charge in [0, 0.05) is 12.0 Å². The van der Waals surface area contributed by atoms with Gasteiger partial charge in [0.25, 0.3) is 15.6 Å². The Balaban J connectivity index is 1.61. The van der Waals surface area contributed by atoms with E-state index in [9.17, 15) is 13.2 Å². The van der Waals surface area contributed by atoms with E-state index < -0.39 is 10.0 Å². The van der Waals surface area contributed by atoms with Gasteiger partial charge in [0.1, 0.15) is 23.1 Å². The average molecular weight is 554 g/mol. The van der Waals surface area contributed by atoms with Gasteiger partial charge in [-0.1, -0.05) is 12.8 Å².